The molecular weight excluding hydrogens is 210 g/mol. The minimum atomic E-state index is -1.50. The largest absolute Gasteiger partial charge is 0.328 e. The van der Waals surface area contributed by atoms with Crippen LogP contribution in [0.3, 0.4) is 0 Å². The first-order valence-corrected chi connectivity index (χ1v) is 4.97. The van der Waals surface area contributed by atoms with Gasteiger partial charge in [0.1, 0.15) is 0 Å². The zero-order valence-electron chi connectivity index (χ0n) is 9.43. The Labute approximate surface area is 94.2 Å². The average Bonchev–Trinajstić information content (AvgIpc) is 2.26. The van der Waals surface area contributed by atoms with Crippen LogP contribution in [0.2, 0.25) is 0 Å². The summed E-state index contributed by atoms with van der Waals surface area (Å²) in [5.74, 6) is 5.40. The quantitative estimate of drug-likeness (QED) is 0.415. The first kappa shape index (κ1) is 14.2. The maximum atomic E-state index is 8.36. The summed E-state index contributed by atoms with van der Waals surface area (Å²) in [6.45, 7) is 4.31. The van der Waals surface area contributed by atoms with Crippen molar-refractivity contribution in [3.8, 4) is 0 Å². The lowest BCUT2D eigenvalue weighted by Gasteiger charge is -2.10. The van der Waals surface area contributed by atoms with E-state index in [1.54, 1.807) is 0 Å². The Hall–Kier alpha value is -1.82. The monoisotopic (exact) mass is 227 g/mol. The van der Waals surface area contributed by atoms with E-state index in [-0.39, 0.29) is 0 Å². The number of nitrogens with one attached hydrogen (secondary N) is 1. The molecule has 0 saturated heterocycles. The molecule has 0 atom stereocenters. The van der Waals surface area contributed by atoms with Gasteiger partial charge in [-0.3, -0.25) is 5.84 Å². The molecule has 0 aliphatic rings. The zero-order chi connectivity index (χ0) is 12.6. The number of rotatable bonds is 3. The summed E-state index contributed by atoms with van der Waals surface area (Å²) in [5.41, 5.74) is 6.49. The van der Waals surface area contributed by atoms with E-state index >= 15 is 0 Å². The van der Waals surface area contributed by atoms with Crippen molar-refractivity contribution in [1.82, 2.24) is 0 Å². The van der Waals surface area contributed by atoms with Crippen molar-refractivity contribution < 1.29 is 10.3 Å². The molecule has 0 radical (unpaired) electrons. The van der Waals surface area contributed by atoms with Crippen LogP contribution in [-0.2, 0) is 12.8 Å². The average molecular weight is 227 g/mol. The molecule has 90 valence electrons. The van der Waals surface area contributed by atoms with E-state index < -0.39 is 5.09 Å². The van der Waals surface area contributed by atoms with Crippen LogP contribution in [0.4, 0.5) is 5.69 Å². The molecule has 0 saturated carbocycles. The predicted octanol–water partition coefficient (Wildman–Crippen LogP) is 1.75. The summed E-state index contributed by atoms with van der Waals surface area (Å²) in [6.07, 6.45) is 2.10. The molecular formula is C10H17N3O3. The molecule has 0 aliphatic heterocycles. The molecule has 6 heteroatoms. The van der Waals surface area contributed by atoms with Gasteiger partial charge in [-0.25, -0.2) is 0 Å². The molecule has 0 heterocycles. The molecule has 1 rings (SSSR count). The van der Waals surface area contributed by atoms with Gasteiger partial charge in [0, 0.05) is 0 Å². The van der Waals surface area contributed by atoms with Gasteiger partial charge in [-0.2, -0.15) is 0 Å². The summed E-state index contributed by atoms with van der Waals surface area (Å²) in [7, 11) is 0. The maximum absolute atomic E-state index is 8.36. The lowest BCUT2D eigenvalue weighted by atomic mass is 10.0. The summed E-state index contributed by atoms with van der Waals surface area (Å²) in [6, 6.07) is 6.20. The van der Waals surface area contributed by atoms with Crippen molar-refractivity contribution in [2.45, 2.75) is 26.7 Å². The van der Waals surface area contributed by atoms with Gasteiger partial charge < -0.3 is 10.6 Å². The van der Waals surface area contributed by atoms with E-state index in [9.17, 15) is 0 Å². The Balaban J connectivity index is 0.000000487. The fraction of sp³-hybridized carbons (Fsp3) is 0.400. The van der Waals surface area contributed by atoms with Crippen LogP contribution >= 0.6 is 0 Å². The normalized spacial score (nSPS) is 8.94. The van der Waals surface area contributed by atoms with E-state index in [2.05, 4.69) is 25.3 Å². The van der Waals surface area contributed by atoms with Crippen molar-refractivity contribution in [3.63, 3.8) is 0 Å². The lowest BCUT2D eigenvalue weighted by Crippen LogP contribution is -2.10. The Morgan fingerprint density at radius 2 is 2.00 bits per heavy atom. The van der Waals surface area contributed by atoms with Crippen LogP contribution in [0, 0.1) is 10.1 Å². The summed E-state index contributed by atoms with van der Waals surface area (Å²) in [4.78, 5) is 8.36. The number of nitrogens with two attached hydrogens (primary N) is 1. The Bertz CT molecular complexity index is 316. The van der Waals surface area contributed by atoms with E-state index in [1.807, 2.05) is 12.1 Å². The minimum absolute atomic E-state index is 1.03. The molecule has 0 aromatic heterocycles. The Kier molecular flexibility index (Phi) is 6.62. The Morgan fingerprint density at radius 3 is 2.38 bits per heavy atom. The number of hydrogen-bond donors (Lipinski definition) is 3. The number of hydrazine groups is 1. The third-order valence-electron chi connectivity index (χ3n) is 2.16. The zero-order valence-corrected chi connectivity index (χ0v) is 9.43. The summed E-state index contributed by atoms with van der Waals surface area (Å²) in [5, 5.41) is 13.6. The lowest BCUT2D eigenvalue weighted by molar-refractivity contribution is -0.742. The first-order valence-electron chi connectivity index (χ1n) is 4.97. The van der Waals surface area contributed by atoms with Crippen LogP contribution in [0.15, 0.2) is 18.2 Å². The van der Waals surface area contributed by atoms with Crippen LogP contribution in [-0.4, -0.2) is 10.3 Å². The highest BCUT2D eigenvalue weighted by Crippen LogP contribution is 2.19. The molecule has 0 spiro atoms. The van der Waals surface area contributed by atoms with Gasteiger partial charge in [0.15, 0.2) is 0 Å². The number of benzene rings is 1. The van der Waals surface area contributed by atoms with Gasteiger partial charge in [-0.1, -0.05) is 26.0 Å². The molecule has 0 bridgehead atoms. The number of aryl methyl sites for hydroxylation is 1. The fourth-order valence-electron chi connectivity index (χ4n) is 1.52. The Morgan fingerprint density at radius 1 is 1.44 bits per heavy atom. The smallest absolute Gasteiger partial charge is 0.291 e. The molecule has 1 aromatic carbocycles. The van der Waals surface area contributed by atoms with Crippen molar-refractivity contribution in [2.75, 3.05) is 5.43 Å². The predicted molar refractivity (Wildman–Crippen MR) is 61.8 cm³/mol. The molecule has 0 aliphatic carbocycles. The highest BCUT2D eigenvalue weighted by molar-refractivity contribution is 5.53. The number of anilines is 1. The van der Waals surface area contributed by atoms with Gasteiger partial charge in [0.25, 0.3) is 5.09 Å². The first-order chi connectivity index (χ1) is 7.56. The maximum Gasteiger partial charge on any atom is 0.291 e. The third kappa shape index (κ3) is 4.61. The van der Waals surface area contributed by atoms with Crippen molar-refractivity contribution in [1.29, 1.82) is 0 Å². The molecule has 0 unspecified atom stereocenters. The van der Waals surface area contributed by atoms with E-state index in [0.717, 1.165) is 18.5 Å². The molecule has 16 heavy (non-hydrogen) atoms. The van der Waals surface area contributed by atoms with Crippen LogP contribution in [0.5, 0.6) is 0 Å². The minimum Gasteiger partial charge on any atom is -0.328 e. The van der Waals surface area contributed by atoms with Gasteiger partial charge in [-0.15, -0.1) is 10.1 Å². The van der Waals surface area contributed by atoms with Gasteiger partial charge in [-0.05, 0) is 30.0 Å². The SMILES string of the molecule is CCc1cccc(NN)c1CC.O=[N+]([O-])O. The second-order valence-corrected chi connectivity index (χ2v) is 3.03. The molecule has 6 nitrogen and oxygen atoms in total. The second-order valence-electron chi connectivity index (χ2n) is 3.03. The van der Waals surface area contributed by atoms with Gasteiger partial charge in [0.05, 0.1) is 5.69 Å². The van der Waals surface area contributed by atoms with Crippen LogP contribution in [0.1, 0.15) is 25.0 Å². The van der Waals surface area contributed by atoms with Crippen molar-refractivity contribution in [2.24, 2.45) is 5.84 Å². The number of nitrogens with zero attached hydrogens (tertiary/aromatic N) is 1. The van der Waals surface area contributed by atoms with Crippen LogP contribution < -0.4 is 11.3 Å². The molecule has 0 amide bonds. The molecule has 1 aromatic rings. The van der Waals surface area contributed by atoms with Crippen molar-refractivity contribution >= 4 is 5.69 Å². The fourth-order valence-corrected chi connectivity index (χ4v) is 1.52. The highest BCUT2D eigenvalue weighted by Gasteiger charge is 2.02. The second kappa shape index (κ2) is 7.47. The highest BCUT2D eigenvalue weighted by atomic mass is 16.9. The molecule has 4 N–H and O–H groups in total. The number of nitrogen functional groups attached to an aromatic ring is 1. The van der Waals surface area contributed by atoms with E-state index in [0.29, 0.717) is 0 Å². The van der Waals surface area contributed by atoms with E-state index in [4.69, 9.17) is 21.2 Å². The molecule has 0 fully saturated rings. The summed E-state index contributed by atoms with van der Waals surface area (Å²) >= 11 is 0. The standard InChI is InChI=1S/C10H16N2.HNO3/c1-3-8-6-5-7-10(12-11)9(8)4-2;2-1(3)4/h5-7,12H,3-4,11H2,1-2H3;(H,2,3,4). The van der Waals surface area contributed by atoms with Crippen LogP contribution in [0.25, 0.3) is 0 Å². The summed E-state index contributed by atoms with van der Waals surface area (Å²) < 4.78 is 0. The van der Waals surface area contributed by atoms with Crippen molar-refractivity contribution in [3.05, 3.63) is 39.4 Å². The third-order valence-corrected chi connectivity index (χ3v) is 2.16. The van der Waals surface area contributed by atoms with Gasteiger partial charge in [0.2, 0.25) is 0 Å². The van der Waals surface area contributed by atoms with E-state index in [1.165, 1.54) is 11.1 Å². The number of hydrogen-bond acceptors (Lipinski definition) is 4. The topological polar surface area (TPSA) is 101 Å². The van der Waals surface area contributed by atoms with Gasteiger partial charge >= 0.3 is 0 Å².